The third-order valence-electron chi connectivity index (χ3n) is 6.98. The van der Waals surface area contributed by atoms with Gasteiger partial charge in [0.1, 0.15) is 18.1 Å². The summed E-state index contributed by atoms with van der Waals surface area (Å²) in [6, 6.07) is 16.0. The molecule has 33 heavy (non-hydrogen) atoms. The first-order valence-corrected chi connectivity index (χ1v) is 12.4. The number of carbonyl (C=O) groups excluding carboxylic acids is 2. The first-order chi connectivity index (χ1) is 16.1. The van der Waals surface area contributed by atoms with E-state index in [2.05, 4.69) is 24.3 Å². The van der Waals surface area contributed by atoms with Crippen molar-refractivity contribution in [1.82, 2.24) is 4.90 Å². The molecule has 1 aliphatic carbocycles. The van der Waals surface area contributed by atoms with Crippen LogP contribution in [0.1, 0.15) is 73.7 Å². The normalized spacial score (nSPS) is 20.6. The monoisotopic (exact) mass is 449 g/mol. The molecule has 1 aliphatic heterocycles. The van der Waals surface area contributed by atoms with Crippen LogP contribution in [0.2, 0.25) is 0 Å². The van der Waals surface area contributed by atoms with Gasteiger partial charge in [-0.05, 0) is 73.1 Å². The molecule has 0 aromatic heterocycles. The van der Waals surface area contributed by atoms with Gasteiger partial charge in [0.05, 0.1) is 13.2 Å². The zero-order chi connectivity index (χ0) is 23.0. The Hall–Kier alpha value is -2.82. The maximum Gasteiger partial charge on any atom is 0.222 e. The van der Waals surface area contributed by atoms with Gasteiger partial charge in [0.25, 0.3) is 0 Å². The molecule has 2 aromatic carbocycles. The fourth-order valence-electron chi connectivity index (χ4n) is 5.02. The molecular formula is C28H35NO4. The highest BCUT2D eigenvalue weighted by molar-refractivity contribution is 5.95. The summed E-state index contributed by atoms with van der Waals surface area (Å²) in [4.78, 5) is 25.4. The molecule has 0 bridgehead atoms. The molecule has 2 aliphatic rings. The number of rotatable bonds is 10. The summed E-state index contributed by atoms with van der Waals surface area (Å²) >= 11 is 0. The number of amides is 1. The Kier molecular flexibility index (Phi) is 8.03. The number of hydrogen-bond acceptors (Lipinski definition) is 4. The average Bonchev–Trinajstić information content (AvgIpc) is 3.27. The van der Waals surface area contributed by atoms with Crippen LogP contribution in [0.4, 0.5) is 0 Å². The lowest BCUT2D eigenvalue weighted by molar-refractivity contribution is -0.128. The highest BCUT2D eigenvalue weighted by atomic mass is 16.5. The van der Waals surface area contributed by atoms with Crippen molar-refractivity contribution in [3.8, 4) is 11.5 Å². The number of Topliss-reactive ketones (excluding diaryl/α,β-unsaturated/α-hetero) is 1. The van der Waals surface area contributed by atoms with Crippen molar-refractivity contribution in [2.45, 2.75) is 57.8 Å². The lowest BCUT2D eigenvalue weighted by Gasteiger charge is -2.32. The fraction of sp³-hybridized carbons (Fsp3) is 0.500. The van der Waals surface area contributed by atoms with Gasteiger partial charge in [0.15, 0.2) is 5.78 Å². The van der Waals surface area contributed by atoms with Crippen molar-refractivity contribution in [3.63, 3.8) is 0 Å². The van der Waals surface area contributed by atoms with E-state index < -0.39 is 0 Å². The molecule has 176 valence electrons. The first kappa shape index (κ1) is 23.3. The smallest absolute Gasteiger partial charge is 0.222 e. The van der Waals surface area contributed by atoms with Gasteiger partial charge in [0.2, 0.25) is 5.91 Å². The van der Waals surface area contributed by atoms with Crippen molar-refractivity contribution in [1.29, 1.82) is 0 Å². The Morgan fingerprint density at radius 1 is 0.939 bits per heavy atom. The van der Waals surface area contributed by atoms with E-state index in [0.717, 1.165) is 30.0 Å². The second kappa shape index (κ2) is 11.4. The Morgan fingerprint density at radius 2 is 1.64 bits per heavy atom. The number of ketones is 1. The standard InChI is InChI=1S/C28H35NO4/c1-2-27(30)22-11-15-25(16-12-22)33-20-23-6-3-4-7-26(23)21-9-13-24(14-10-21)32-19-18-29-17-5-8-28(29)31/h9-16,23,26H,2-8,17-20H2,1H3/t23-,26-/m0/s1. The highest BCUT2D eigenvalue weighted by Crippen LogP contribution is 2.38. The second-order valence-electron chi connectivity index (χ2n) is 9.16. The van der Waals surface area contributed by atoms with E-state index in [0.29, 0.717) is 44.4 Å². The number of ether oxygens (including phenoxy) is 2. The number of nitrogens with zero attached hydrogens (tertiary/aromatic N) is 1. The van der Waals surface area contributed by atoms with E-state index in [1.54, 1.807) is 0 Å². The van der Waals surface area contributed by atoms with Crippen molar-refractivity contribution in [2.75, 3.05) is 26.3 Å². The predicted octanol–water partition coefficient (Wildman–Crippen LogP) is 5.63. The highest BCUT2D eigenvalue weighted by Gasteiger charge is 2.27. The van der Waals surface area contributed by atoms with Gasteiger partial charge in [-0.15, -0.1) is 0 Å². The molecule has 0 spiro atoms. The van der Waals surface area contributed by atoms with Crippen molar-refractivity contribution in [2.24, 2.45) is 5.92 Å². The maximum atomic E-state index is 11.8. The van der Waals surface area contributed by atoms with Gasteiger partial charge < -0.3 is 14.4 Å². The summed E-state index contributed by atoms with van der Waals surface area (Å²) in [6.07, 6.45) is 6.98. The maximum absolute atomic E-state index is 11.8. The van der Waals surface area contributed by atoms with Crippen LogP contribution in [-0.2, 0) is 4.79 Å². The number of benzene rings is 2. The summed E-state index contributed by atoms with van der Waals surface area (Å²) in [5.41, 5.74) is 2.09. The molecule has 1 amide bonds. The molecule has 0 unspecified atom stereocenters. The molecule has 5 heteroatoms. The van der Waals surface area contributed by atoms with Gasteiger partial charge in [-0.25, -0.2) is 0 Å². The van der Waals surface area contributed by atoms with E-state index in [1.165, 1.54) is 31.2 Å². The molecule has 4 rings (SSSR count). The minimum atomic E-state index is 0.158. The Balaban J connectivity index is 1.30. The van der Waals surface area contributed by atoms with Crippen LogP contribution in [0.3, 0.4) is 0 Å². The summed E-state index contributed by atoms with van der Waals surface area (Å²) in [5.74, 6) is 3.04. The number of likely N-dealkylation sites (tertiary alicyclic amines) is 1. The van der Waals surface area contributed by atoms with Crippen LogP contribution < -0.4 is 9.47 Å². The lowest BCUT2D eigenvalue weighted by Crippen LogP contribution is -2.29. The summed E-state index contributed by atoms with van der Waals surface area (Å²) in [6.45, 7) is 4.62. The molecule has 2 fully saturated rings. The van der Waals surface area contributed by atoms with Gasteiger partial charge in [0, 0.05) is 24.9 Å². The minimum Gasteiger partial charge on any atom is -0.493 e. The molecule has 5 nitrogen and oxygen atoms in total. The van der Waals surface area contributed by atoms with Crippen LogP contribution in [0.25, 0.3) is 0 Å². The molecule has 0 N–H and O–H groups in total. The minimum absolute atomic E-state index is 0.158. The molecule has 0 radical (unpaired) electrons. The van der Waals surface area contributed by atoms with Crippen LogP contribution in [0.5, 0.6) is 11.5 Å². The van der Waals surface area contributed by atoms with E-state index in [9.17, 15) is 9.59 Å². The van der Waals surface area contributed by atoms with Gasteiger partial charge in [-0.3, -0.25) is 9.59 Å². The van der Waals surface area contributed by atoms with Gasteiger partial charge in [-0.1, -0.05) is 31.9 Å². The van der Waals surface area contributed by atoms with Crippen LogP contribution in [-0.4, -0.2) is 42.9 Å². The topological polar surface area (TPSA) is 55.8 Å². The average molecular weight is 450 g/mol. The van der Waals surface area contributed by atoms with Crippen LogP contribution >= 0.6 is 0 Å². The lowest BCUT2D eigenvalue weighted by atomic mass is 9.76. The Morgan fingerprint density at radius 3 is 2.33 bits per heavy atom. The summed E-state index contributed by atoms with van der Waals surface area (Å²) in [7, 11) is 0. The zero-order valence-electron chi connectivity index (χ0n) is 19.6. The predicted molar refractivity (Wildman–Crippen MR) is 129 cm³/mol. The van der Waals surface area contributed by atoms with E-state index >= 15 is 0 Å². The van der Waals surface area contributed by atoms with Crippen molar-refractivity contribution >= 4 is 11.7 Å². The molecule has 2 aromatic rings. The third-order valence-corrected chi connectivity index (χ3v) is 6.98. The largest absolute Gasteiger partial charge is 0.493 e. The molecule has 2 atom stereocenters. The quantitative estimate of drug-likeness (QED) is 0.441. The molecule has 1 saturated carbocycles. The Bertz CT molecular complexity index is 922. The van der Waals surface area contributed by atoms with E-state index in [4.69, 9.17) is 9.47 Å². The van der Waals surface area contributed by atoms with E-state index in [-0.39, 0.29) is 11.7 Å². The van der Waals surface area contributed by atoms with Crippen LogP contribution in [0, 0.1) is 5.92 Å². The van der Waals surface area contributed by atoms with Crippen molar-refractivity contribution in [3.05, 3.63) is 59.7 Å². The Labute approximate surface area is 197 Å². The van der Waals surface area contributed by atoms with E-state index in [1.807, 2.05) is 36.1 Å². The third kappa shape index (κ3) is 6.16. The molecule has 1 heterocycles. The van der Waals surface area contributed by atoms with Crippen LogP contribution in [0.15, 0.2) is 48.5 Å². The summed E-state index contributed by atoms with van der Waals surface area (Å²) < 4.78 is 12.0. The molecular weight excluding hydrogens is 414 g/mol. The zero-order valence-corrected chi connectivity index (χ0v) is 19.6. The van der Waals surface area contributed by atoms with Gasteiger partial charge >= 0.3 is 0 Å². The summed E-state index contributed by atoms with van der Waals surface area (Å²) in [5, 5.41) is 0. The molecule has 1 saturated heterocycles. The first-order valence-electron chi connectivity index (χ1n) is 12.4. The second-order valence-corrected chi connectivity index (χ2v) is 9.16. The SMILES string of the molecule is CCC(=O)c1ccc(OC[C@@H]2CCCC[C@H]2c2ccc(OCCN3CCCC3=O)cc2)cc1. The number of hydrogen-bond donors (Lipinski definition) is 0. The van der Waals surface area contributed by atoms with Crippen molar-refractivity contribution < 1.29 is 19.1 Å². The fourth-order valence-corrected chi connectivity index (χ4v) is 5.02. The van der Waals surface area contributed by atoms with Gasteiger partial charge in [-0.2, -0.15) is 0 Å². The number of carbonyl (C=O) groups is 2.